The Labute approximate surface area is 207 Å². The molecule has 3 aromatic rings. The lowest BCUT2D eigenvalue weighted by atomic mass is 10.0. The third kappa shape index (κ3) is 7.88. The average molecular weight is 475 g/mol. The van der Waals surface area contributed by atoms with Crippen LogP contribution in [-0.4, -0.2) is 43.0 Å². The second-order valence-electron chi connectivity index (χ2n) is 8.30. The van der Waals surface area contributed by atoms with Crippen molar-refractivity contribution in [1.29, 1.82) is 0 Å². The van der Waals surface area contributed by atoms with Crippen LogP contribution in [0.5, 0.6) is 11.5 Å². The molecule has 0 heterocycles. The number of hydrogen-bond acceptors (Lipinski definition) is 4. The lowest BCUT2D eigenvalue weighted by Gasteiger charge is -2.31. The van der Waals surface area contributed by atoms with Crippen molar-refractivity contribution in [3.05, 3.63) is 96.1 Å². The lowest BCUT2D eigenvalue weighted by Crippen LogP contribution is -2.51. The fourth-order valence-corrected chi connectivity index (χ4v) is 3.80. The summed E-state index contributed by atoms with van der Waals surface area (Å²) in [7, 11) is 1.56. The van der Waals surface area contributed by atoms with Gasteiger partial charge in [-0.1, -0.05) is 86.1 Å². The van der Waals surface area contributed by atoms with Crippen molar-refractivity contribution < 1.29 is 19.1 Å². The minimum absolute atomic E-state index is 0.163. The number of hydrogen-bond donors (Lipinski definition) is 1. The topological polar surface area (TPSA) is 67.9 Å². The maximum Gasteiger partial charge on any atom is 0.261 e. The third-order valence-electron chi connectivity index (χ3n) is 5.72. The second-order valence-corrected chi connectivity index (χ2v) is 8.30. The SMILES string of the molecule is CCCCNC(=O)[C@@H](Cc1ccccc1)N(Cc1ccccc1)C(=O)COc1ccccc1OC. The standard InChI is InChI=1S/C29H34N2O4/c1-3-4-19-30-29(33)25(20-23-13-7-5-8-14-23)31(21-24-15-9-6-10-16-24)28(32)22-35-27-18-12-11-17-26(27)34-2/h5-18,25H,3-4,19-22H2,1-2H3,(H,30,33)/t25-/m1/s1. The Bertz CT molecular complexity index is 1060. The minimum atomic E-state index is -0.678. The van der Waals surface area contributed by atoms with Crippen LogP contribution in [0.3, 0.4) is 0 Å². The van der Waals surface area contributed by atoms with Gasteiger partial charge < -0.3 is 19.7 Å². The minimum Gasteiger partial charge on any atom is -0.493 e. The van der Waals surface area contributed by atoms with Crippen LogP contribution >= 0.6 is 0 Å². The van der Waals surface area contributed by atoms with Crippen LogP contribution in [0.1, 0.15) is 30.9 Å². The van der Waals surface area contributed by atoms with Gasteiger partial charge in [0.2, 0.25) is 5.91 Å². The van der Waals surface area contributed by atoms with Crippen molar-refractivity contribution in [2.45, 2.75) is 38.8 Å². The third-order valence-corrected chi connectivity index (χ3v) is 5.72. The largest absolute Gasteiger partial charge is 0.493 e. The van der Waals surface area contributed by atoms with Crippen LogP contribution in [0.25, 0.3) is 0 Å². The van der Waals surface area contributed by atoms with Crippen molar-refractivity contribution in [1.82, 2.24) is 10.2 Å². The molecule has 0 aliphatic rings. The molecule has 3 aromatic carbocycles. The van der Waals surface area contributed by atoms with Gasteiger partial charge in [-0.2, -0.15) is 0 Å². The Balaban J connectivity index is 1.87. The first-order chi connectivity index (χ1) is 17.1. The maximum absolute atomic E-state index is 13.6. The number of carbonyl (C=O) groups is 2. The Morgan fingerprint density at radius 2 is 1.46 bits per heavy atom. The molecule has 0 unspecified atom stereocenters. The highest BCUT2D eigenvalue weighted by Crippen LogP contribution is 2.26. The number of para-hydroxylation sites is 2. The molecule has 184 valence electrons. The summed E-state index contributed by atoms with van der Waals surface area (Å²) in [4.78, 5) is 28.6. The Hall–Kier alpha value is -3.80. The van der Waals surface area contributed by atoms with E-state index < -0.39 is 6.04 Å². The van der Waals surface area contributed by atoms with Crippen LogP contribution in [-0.2, 0) is 22.6 Å². The highest BCUT2D eigenvalue weighted by molar-refractivity contribution is 5.88. The smallest absolute Gasteiger partial charge is 0.261 e. The maximum atomic E-state index is 13.6. The molecule has 35 heavy (non-hydrogen) atoms. The molecular formula is C29H34N2O4. The van der Waals surface area contributed by atoms with Crippen LogP contribution in [0.4, 0.5) is 0 Å². The molecular weight excluding hydrogens is 440 g/mol. The summed E-state index contributed by atoms with van der Waals surface area (Å²) >= 11 is 0. The van der Waals surface area contributed by atoms with Gasteiger partial charge in [-0.15, -0.1) is 0 Å². The molecule has 2 amide bonds. The monoisotopic (exact) mass is 474 g/mol. The van der Waals surface area contributed by atoms with Crippen molar-refractivity contribution in [3.8, 4) is 11.5 Å². The fourth-order valence-electron chi connectivity index (χ4n) is 3.80. The second kappa shape index (κ2) is 13.8. The summed E-state index contributed by atoms with van der Waals surface area (Å²) in [5.74, 6) is 0.596. The number of amides is 2. The normalized spacial score (nSPS) is 11.4. The molecule has 0 radical (unpaired) electrons. The van der Waals surface area contributed by atoms with E-state index in [2.05, 4.69) is 12.2 Å². The average Bonchev–Trinajstić information content (AvgIpc) is 2.90. The van der Waals surface area contributed by atoms with Crippen LogP contribution in [0.2, 0.25) is 0 Å². The fraction of sp³-hybridized carbons (Fsp3) is 0.310. The molecule has 0 aliphatic heterocycles. The zero-order valence-corrected chi connectivity index (χ0v) is 20.5. The van der Waals surface area contributed by atoms with Gasteiger partial charge in [0.25, 0.3) is 5.91 Å². The van der Waals surface area contributed by atoms with E-state index in [1.54, 1.807) is 24.1 Å². The number of unbranched alkanes of at least 4 members (excludes halogenated alkanes) is 1. The summed E-state index contributed by atoms with van der Waals surface area (Å²) in [6, 6.07) is 26.0. The highest BCUT2D eigenvalue weighted by Gasteiger charge is 2.30. The Morgan fingerprint density at radius 3 is 2.09 bits per heavy atom. The van der Waals surface area contributed by atoms with E-state index in [9.17, 15) is 9.59 Å². The number of rotatable bonds is 13. The van der Waals surface area contributed by atoms with E-state index in [-0.39, 0.29) is 18.4 Å². The van der Waals surface area contributed by atoms with E-state index >= 15 is 0 Å². The predicted octanol–water partition coefficient (Wildman–Crippen LogP) is 4.63. The molecule has 1 N–H and O–H groups in total. The molecule has 3 rings (SSSR count). The summed E-state index contributed by atoms with van der Waals surface area (Å²) in [5, 5.41) is 3.02. The number of benzene rings is 3. The molecule has 1 atom stereocenters. The highest BCUT2D eigenvalue weighted by atomic mass is 16.5. The zero-order chi connectivity index (χ0) is 24.9. The molecule has 6 heteroatoms. The lowest BCUT2D eigenvalue weighted by molar-refractivity contribution is -0.142. The van der Waals surface area contributed by atoms with E-state index in [1.807, 2.05) is 72.8 Å². The zero-order valence-electron chi connectivity index (χ0n) is 20.5. The number of ether oxygens (including phenoxy) is 2. The molecule has 0 saturated carbocycles. The number of methoxy groups -OCH3 is 1. The van der Waals surface area contributed by atoms with E-state index in [0.29, 0.717) is 31.0 Å². The number of nitrogens with zero attached hydrogens (tertiary/aromatic N) is 1. The first-order valence-electron chi connectivity index (χ1n) is 12.0. The van der Waals surface area contributed by atoms with E-state index in [0.717, 1.165) is 24.0 Å². The van der Waals surface area contributed by atoms with Gasteiger partial charge in [-0.25, -0.2) is 0 Å². The van der Waals surface area contributed by atoms with Crippen molar-refractivity contribution in [3.63, 3.8) is 0 Å². The number of carbonyl (C=O) groups excluding carboxylic acids is 2. The molecule has 0 saturated heterocycles. The quantitative estimate of drug-likeness (QED) is 0.367. The summed E-state index contributed by atoms with van der Waals surface area (Å²) in [5.41, 5.74) is 1.93. The summed E-state index contributed by atoms with van der Waals surface area (Å²) in [6.45, 7) is 2.74. The van der Waals surface area contributed by atoms with Gasteiger partial charge in [0.1, 0.15) is 6.04 Å². The van der Waals surface area contributed by atoms with Gasteiger partial charge >= 0.3 is 0 Å². The van der Waals surface area contributed by atoms with Crippen molar-refractivity contribution in [2.75, 3.05) is 20.3 Å². The Morgan fingerprint density at radius 1 is 0.857 bits per heavy atom. The van der Waals surface area contributed by atoms with Gasteiger partial charge in [0, 0.05) is 19.5 Å². The van der Waals surface area contributed by atoms with Crippen LogP contribution in [0, 0.1) is 0 Å². The molecule has 0 aliphatic carbocycles. The van der Waals surface area contributed by atoms with Gasteiger partial charge in [-0.3, -0.25) is 9.59 Å². The first-order valence-corrected chi connectivity index (χ1v) is 12.0. The predicted molar refractivity (Wildman–Crippen MR) is 137 cm³/mol. The molecule has 0 spiro atoms. The van der Waals surface area contributed by atoms with Crippen molar-refractivity contribution >= 4 is 11.8 Å². The molecule has 0 fully saturated rings. The molecule has 6 nitrogen and oxygen atoms in total. The van der Waals surface area contributed by atoms with Crippen molar-refractivity contribution in [2.24, 2.45) is 0 Å². The summed E-state index contributed by atoms with van der Waals surface area (Å²) in [6.07, 6.45) is 2.27. The van der Waals surface area contributed by atoms with Gasteiger partial charge in [-0.05, 0) is 29.7 Å². The van der Waals surface area contributed by atoms with Crippen LogP contribution in [0.15, 0.2) is 84.9 Å². The first kappa shape index (κ1) is 25.8. The van der Waals surface area contributed by atoms with E-state index in [1.165, 1.54) is 0 Å². The Kier molecular flexibility index (Phi) is 10.2. The van der Waals surface area contributed by atoms with E-state index in [4.69, 9.17) is 9.47 Å². The summed E-state index contributed by atoms with van der Waals surface area (Å²) < 4.78 is 11.2. The number of nitrogens with one attached hydrogen (secondary N) is 1. The van der Waals surface area contributed by atoms with Gasteiger partial charge in [0.05, 0.1) is 7.11 Å². The molecule has 0 aromatic heterocycles. The van der Waals surface area contributed by atoms with Gasteiger partial charge in [0.15, 0.2) is 18.1 Å². The van der Waals surface area contributed by atoms with Crippen LogP contribution < -0.4 is 14.8 Å². The molecule has 0 bridgehead atoms.